The standard InChI is InChI=1S/C12H12N2O/c1-2-8-3-5-14(12(8)13-4-1)11-9-6-15-7-10(9)11/h1-5,9-11H,6-7H2/t9-,10+,11?. The smallest absolute Gasteiger partial charge is 0.140 e. The van der Waals surface area contributed by atoms with Crippen LogP contribution in [0.2, 0.25) is 0 Å². The highest BCUT2D eigenvalue weighted by Crippen LogP contribution is 2.55. The Morgan fingerprint density at radius 1 is 1.27 bits per heavy atom. The van der Waals surface area contributed by atoms with Gasteiger partial charge in [0, 0.05) is 35.7 Å². The summed E-state index contributed by atoms with van der Waals surface area (Å²) in [7, 11) is 0. The number of pyridine rings is 1. The highest BCUT2D eigenvalue weighted by Gasteiger charge is 2.55. The van der Waals surface area contributed by atoms with Gasteiger partial charge < -0.3 is 9.30 Å². The van der Waals surface area contributed by atoms with E-state index in [1.54, 1.807) is 0 Å². The first-order valence-corrected chi connectivity index (χ1v) is 5.44. The van der Waals surface area contributed by atoms with Crippen molar-refractivity contribution >= 4 is 11.0 Å². The number of fused-ring (bicyclic) bond motifs is 2. The minimum absolute atomic E-state index is 0.645. The topological polar surface area (TPSA) is 27.1 Å². The second-order valence-corrected chi connectivity index (χ2v) is 4.50. The third kappa shape index (κ3) is 0.960. The van der Waals surface area contributed by atoms with Crippen molar-refractivity contribution in [3.05, 3.63) is 30.6 Å². The minimum Gasteiger partial charge on any atom is -0.381 e. The fourth-order valence-corrected chi connectivity index (χ4v) is 2.85. The van der Waals surface area contributed by atoms with E-state index in [0.29, 0.717) is 6.04 Å². The van der Waals surface area contributed by atoms with E-state index in [9.17, 15) is 0 Å². The van der Waals surface area contributed by atoms with Crippen molar-refractivity contribution in [2.45, 2.75) is 6.04 Å². The lowest BCUT2D eigenvalue weighted by Crippen LogP contribution is -2.04. The van der Waals surface area contributed by atoms with Crippen LogP contribution in [0.3, 0.4) is 0 Å². The molecule has 0 N–H and O–H groups in total. The molecule has 2 fully saturated rings. The van der Waals surface area contributed by atoms with Crippen LogP contribution in [0.4, 0.5) is 0 Å². The van der Waals surface area contributed by atoms with Crippen LogP contribution in [0.1, 0.15) is 6.04 Å². The first-order chi connectivity index (χ1) is 7.45. The number of rotatable bonds is 1. The molecule has 0 radical (unpaired) electrons. The molecule has 3 heteroatoms. The van der Waals surface area contributed by atoms with Gasteiger partial charge >= 0.3 is 0 Å². The third-order valence-electron chi connectivity index (χ3n) is 3.70. The first-order valence-electron chi connectivity index (χ1n) is 5.44. The van der Waals surface area contributed by atoms with Crippen molar-refractivity contribution < 1.29 is 4.74 Å². The van der Waals surface area contributed by atoms with E-state index in [1.165, 1.54) is 5.39 Å². The summed E-state index contributed by atoms with van der Waals surface area (Å²) in [5.41, 5.74) is 1.12. The van der Waals surface area contributed by atoms with Gasteiger partial charge in [0.05, 0.1) is 13.2 Å². The molecule has 2 aliphatic rings. The summed E-state index contributed by atoms with van der Waals surface area (Å²) < 4.78 is 7.74. The van der Waals surface area contributed by atoms with Crippen LogP contribution in [0.15, 0.2) is 30.6 Å². The van der Waals surface area contributed by atoms with E-state index in [4.69, 9.17) is 4.74 Å². The Morgan fingerprint density at radius 2 is 2.13 bits per heavy atom. The molecule has 3 atom stereocenters. The Kier molecular flexibility index (Phi) is 1.37. The van der Waals surface area contributed by atoms with E-state index in [2.05, 4.69) is 27.9 Å². The molecular weight excluding hydrogens is 188 g/mol. The summed E-state index contributed by atoms with van der Waals surface area (Å²) in [4.78, 5) is 4.45. The van der Waals surface area contributed by atoms with Crippen LogP contribution >= 0.6 is 0 Å². The highest BCUT2D eigenvalue weighted by atomic mass is 16.5. The van der Waals surface area contributed by atoms with Gasteiger partial charge in [0.15, 0.2) is 0 Å². The quantitative estimate of drug-likeness (QED) is 0.702. The number of nitrogens with zero attached hydrogens (tertiary/aromatic N) is 2. The summed E-state index contributed by atoms with van der Waals surface area (Å²) in [6.07, 6.45) is 4.04. The molecule has 2 aromatic heterocycles. The molecule has 1 saturated carbocycles. The van der Waals surface area contributed by atoms with E-state index in [1.807, 2.05) is 12.3 Å². The van der Waals surface area contributed by atoms with Gasteiger partial charge in [0.2, 0.25) is 0 Å². The van der Waals surface area contributed by atoms with Gasteiger partial charge in [-0.2, -0.15) is 0 Å². The number of ether oxygens (including phenoxy) is 1. The van der Waals surface area contributed by atoms with E-state index in [0.717, 1.165) is 30.7 Å². The van der Waals surface area contributed by atoms with Crippen LogP contribution in [-0.4, -0.2) is 22.8 Å². The molecule has 4 rings (SSSR count). The van der Waals surface area contributed by atoms with Crippen LogP contribution in [-0.2, 0) is 4.74 Å². The molecular formula is C12H12N2O. The Labute approximate surface area is 87.7 Å². The maximum absolute atomic E-state index is 5.41. The lowest BCUT2D eigenvalue weighted by molar-refractivity contribution is 0.152. The summed E-state index contributed by atoms with van der Waals surface area (Å²) in [6, 6.07) is 6.90. The lowest BCUT2D eigenvalue weighted by atomic mass is 10.3. The third-order valence-corrected chi connectivity index (χ3v) is 3.70. The van der Waals surface area contributed by atoms with Gasteiger partial charge in [-0.05, 0) is 18.2 Å². The second kappa shape index (κ2) is 2.61. The van der Waals surface area contributed by atoms with Crippen molar-refractivity contribution in [1.82, 2.24) is 9.55 Å². The predicted octanol–water partition coefficient (Wildman–Crippen LogP) is 1.85. The number of hydrogen-bond donors (Lipinski definition) is 0. The maximum Gasteiger partial charge on any atom is 0.140 e. The summed E-state index contributed by atoms with van der Waals surface area (Å²) in [6.45, 7) is 1.86. The van der Waals surface area contributed by atoms with Crippen LogP contribution in [0, 0.1) is 11.8 Å². The molecule has 0 bridgehead atoms. The molecule has 1 unspecified atom stereocenters. The molecule has 3 heterocycles. The maximum atomic E-state index is 5.41. The van der Waals surface area contributed by atoms with Gasteiger partial charge in [0.1, 0.15) is 5.65 Å². The largest absolute Gasteiger partial charge is 0.381 e. The number of hydrogen-bond acceptors (Lipinski definition) is 2. The zero-order chi connectivity index (χ0) is 9.83. The zero-order valence-corrected chi connectivity index (χ0v) is 8.34. The van der Waals surface area contributed by atoms with Crippen LogP contribution < -0.4 is 0 Å². The van der Waals surface area contributed by atoms with Crippen molar-refractivity contribution in [2.24, 2.45) is 11.8 Å². The molecule has 0 spiro atoms. The van der Waals surface area contributed by atoms with E-state index in [-0.39, 0.29) is 0 Å². The average molecular weight is 200 g/mol. The average Bonchev–Trinajstić information content (AvgIpc) is 2.73. The summed E-state index contributed by atoms with van der Waals surface area (Å²) >= 11 is 0. The van der Waals surface area contributed by atoms with Crippen LogP contribution in [0.25, 0.3) is 11.0 Å². The van der Waals surface area contributed by atoms with Gasteiger partial charge in [-0.15, -0.1) is 0 Å². The fourth-order valence-electron chi connectivity index (χ4n) is 2.85. The lowest BCUT2D eigenvalue weighted by Gasteiger charge is -2.06. The molecule has 2 aromatic rings. The molecule has 76 valence electrons. The Balaban J connectivity index is 1.82. The first kappa shape index (κ1) is 7.88. The Bertz CT molecular complexity index is 509. The summed E-state index contributed by atoms with van der Waals surface area (Å²) in [5, 5.41) is 1.24. The fraction of sp³-hybridized carbons (Fsp3) is 0.417. The van der Waals surface area contributed by atoms with Gasteiger partial charge in [0.25, 0.3) is 0 Å². The summed E-state index contributed by atoms with van der Waals surface area (Å²) in [5.74, 6) is 1.48. The molecule has 3 nitrogen and oxygen atoms in total. The molecule has 0 amide bonds. The Morgan fingerprint density at radius 3 is 3.00 bits per heavy atom. The van der Waals surface area contributed by atoms with Gasteiger partial charge in [-0.3, -0.25) is 0 Å². The van der Waals surface area contributed by atoms with E-state index < -0.39 is 0 Å². The zero-order valence-electron chi connectivity index (χ0n) is 8.34. The Hall–Kier alpha value is -1.35. The monoisotopic (exact) mass is 200 g/mol. The van der Waals surface area contributed by atoms with Crippen molar-refractivity contribution in [3.63, 3.8) is 0 Å². The molecule has 1 aliphatic heterocycles. The van der Waals surface area contributed by atoms with Gasteiger partial charge in [-0.25, -0.2) is 4.98 Å². The predicted molar refractivity (Wildman–Crippen MR) is 56.6 cm³/mol. The second-order valence-electron chi connectivity index (χ2n) is 4.50. The normalized spacial score (nSPS) is 33.2. The molecule has 1 aliphatic carbocycles. The molecule has 15 heavy (non-hydrogen) atoms. The minimum atomic E-state index is 0.645. The SMILES string of the molecule is c1cnc2c(c1)ccn2C1[C@H]2COC[C@@H]12. The van der Waals surface area contributed by atoms with Crippen LogP contribution in [0.5, 0.6) is 0 Å². The van der Waals surface area contributed by atoms with E-state index >= 15 is 0 Å². The molecule has 0 aromatic carbocycles. The van der Waals surface area contributed by atoms with Crippen molar-refractivity contribution in [3.8, 4) is 0 Å². The number of aromatic nitrogens is 2. The van der Waals surface area contributed by atoms with Crippen molar-refractivity contribution in [2.75, 3.05) is 13.2 Å². The van der Waals surface area contributed by atoms with Gasteiger partial charge in [-0.1, -0.05) is 0 Å². The highest BCUT2D eigenvalue weighted by molar-refractivity contribution is 5.76. The van der Waals surface area contributed by atoms with Crippen molar-refractivity contribution in [1.29, 1.82) is 0 Å². The molecule has 1 saturated heterocycles.